The molecular formula is C15H18BBrN2O2. The van der Waals surface area contributed by atoms with E-state index < -0.39 is 7.12 Å². The molecule has 1 fully saturated rings. The molecule has 0 amide bonds. The summed E-state index contributed by atoms with van der Waals surface area (Å²) in [6.45, 7) is 8.15. The van der Waals surface area contributed by atoms with Gasteiger partial charge in [0.25, 0.3) is 0 Å². The summed E-state index contributed by atoms with van der Waals surface area (Å²) in [6, 6.07) is 10.0. The van der Waals surface area contributed by atoms with E-state index in [-0.39, 0.29) is 11.2 Å². The highest BCUT2D eigenvalue weighted by atomic mass is 79.9. The normalized spacial score (nSPS) is 20.0. The lowest BCUT2D eigenvalue weighted by atomic mass is 9.86. The van der Waals surface area contributed by atoms with Crippen LogP contribution in [-0.2, 0) is 9.31 Å². The van der Waals surface area contributed by atoms with E-state index in [4.69, 9.17) is 9.31 Å². The van der Waals surface area contributed by atoms with Gasteiger partial charge in [0.1, 0.15) is 0 Å². The van der Waals surface area contributed by atoms with Crippen LogP contribution in [0.5, 0.6) is 0 Å². The summed E-state index contributed by atoms with van der Waals surface area (Å²) in [4.78, 5) is 4.53. The zero-order valence-electron chi connectivity index (χ0n) is 12.6. The molecule has 6 heteroatoms. The number of halogens is 1. The number of hydrogen-bond acceptors (Lipinski definition) is 3. The van der Waals surface area contributed by atoms with Gasteiger partial charge in [-0.15, -0.1) is 0 Å². The molecule has 1 aromatic carbocycles. The summed E-state index contributed by atoms with van der Waals surface area (Å²) >= 11 is 3.50. The van der Waals surface area contributed by atoms with Gasteiger partial charge >= 0.3 is 7.12 Å². The van der Waals surface area contributed by atoms with Crippen LogP contribution in [0, 0.1) is 0 Å². The monoisotopic (exact) mass is 348 g/mol. The third-order valence-corrected chi connectivity index (χ3v) is 4.77. The quantitative estimate of drug-likeness (QED) is 0.783. The van der Waals surface area contributed by atoms with E-state index in [1.165, 1.54) is 0 Å². The molecule has 0 bridgehead atoms. The van der Waals surface area contributed by atoms with Crippen molar-refractivity contribution in [1.82, 2.24) is 9.55 Å². The Morgan fingerprint density at radius 2 is 1.62 bits per heavy atom. The SMILES string of the molecule is CC1(C)OB(c2cn(-c3ccccc3)c(Br)n2)OC1(C)C. The fourth-order valence-corrected chi connectivity index (χ4v) is 2.73. The summed E-state index contributed by atoms with van der Waals surface area (Å²) in [6.07, 6.45) is 1.95. The first kappa shape index (κ1) is 14.8. The first-order valence-corrected chi connectivity index (χ1v) is 7.75. The van der Waals surface area contributed by atoms with Gasteiger partial charge in [-0.1, -0.05) is 18.2 Å². The topological polar surface area (TPSA) is 36.3 Å². The maximum atomic E-state index is 6.04. The molecule has 0 atom stereocenters. The van der Waals surface area contributed by atoms with Crippen molar-refractivity contribution in [2.24, 2.45) is 0 Å². The van der Waals surface area contributed by atoms with E-state index in [0.717, 1.165) is 16.0 Å². The second-order valence-corrected chi connectivity index (χ2v) is 6.94. The molecule has 0 aliphatic carbocycles. The van der Waals surface area contributed by atoms with Crippen LogP contribution in [0.25, 0.3) is 5.69 Å². The Morgan fingerprint density at radius 3 is 2.19 bits per heavy atom. The zero-order valence-corrected chi connectivity index (χ0v) is 14.2. The van der Waals surface area contributed by atoms with Gasteiger partial charge in [0, 0.05) is 11.9 Å². The van der Waals surface area contributed by atoms with E-state index in [9.17, 15) is 0 Å². The minimum absolute atomic E-state index is 0.360. The first-order chi connectivity index (χ1) is 9.80. The Morgan fingerprint density at radius 1 is 1.05 bits per heavy atom. The van der Waals surface area contributed by atoms with Crippen molar-refractivity contribution in [3.05, 3.63) is 41.3 Å². The van der Waals surface area contributed by atoms with Crippen LogP contribution in [0.4, 0.5) is 0 Å². The third-order valence-electron chi connectivity index (χ3n) is 4.21. The molecule has 0 unspecified atom stereocenters. The minimum Gasteiger partial charge on any atom is -0.398 e. The molecule has 0 spiro atoms. The average molecular weight is 349 g/mol. The average Bonchev–Trinajstić information content (AvgIpc) is 2.89. The van der Waals surface area contributed by atoms with Gasteiger partial charge in [0.15, 0.2) is 4.73 Å². The number of aromatic nitrogens is 2. The van der Waals surface area contributed by atoms with Gasteiger partial charge in [-0.3, -0.25) is 4.57 Å². The van der Waals surface area contributed by atoms with Crippen LogP contribution in [0.1, 0.15) is 27.7 Å². The highest BCUT2D eigenvalue weighted by molar-refractivity contribution is 9.10. The van der Waals surface area contributed by atoms with Crippen LogP contribution >= 0.6 is 15.9 Å². The lowest BCUT2D eigenvalue weighted by molar-refractivity contribution is 0.00578. The Balaban J connectivity index is 1.93. The third kappa shape index (κ3) is 2.56. The lowest BCUT2D eigenvalue weighted by Gasteiger charge is -2.32. The zero-order chi connectivity index (χ0) is 15.3. The maximum Gasteiger partial charge on any atom is 0.516 e. The molecule has 0 N–H and O–H groups in total. The number of imidazole rings is 1. The summed E-state index contributed by atoms with van der Waals surface area (Å²) in [5, 5.41) is 0. The van der Waals surface area contributed by atoms with Gasteiger partial charge in [-0.25, -0.2) is 4.98 Å². The standard InChI is InChI=1S/C15H18BBrN2O2/c1-14(2)15(3,4)21-16(20-14)12-10-19(13(17)18-12)11-8-6-5-7-9-11/h5-10H,1-4H3. The Labute approximate surface area is 133 Å². The molecular weight excluding hydrogens is 331 g/mol. The van der Waals surface area contributed by atoms with E-state index >= 15 is 0 Å². The smallest absolute Gasteiger partial charge is 0.398 e. The molecule has 3 rings (SSSR count). The minimum atomic E-state index is -0.448. The predicted octanol–water partition coefficient (Wildman–Crippen LogP) is 2.93. The maximum absolute atomic E-state index is 6.04. The summed E-state index contributed by atoms with van der Waals surface area (Å²) < 4.78 is 14.8. The van der Waals surface area contributed by atoms with Gasteiger partial charge < -0.3 is 9.31 Å². The molecule has 0 radical (unpaired) electrons. The van der Waals surface area contributed by atoms with Crippen molar-refractivity contribution in [2.75, 3.05) is 0 Å². The van der Waals surface area contributed by atoms with Crippen LogP contribution < -0.4 is 5.59 Å². The highest BCUT2D eigenvalue weighted by Crippen LogP contribution is 2.36. The van der Waals surface area contributed by atoms with Crippen LogP contribution in [0.2, 0.25) is 0 Å². The summed E-state index contributed by atoms with van der Waals surface area (Å²) in [7, 11) is -0.448. The van der Waals surface area contributed by atoms with Gasteiger partial charge in [0.05, 0.1) is 16.8 Å². The van der Waals surface area contributed by atoms with E-state index in [2.05, 4.69) is 20.9 Å². The van der Waals surface area contributed by atoms with Crippen molar-refractivity contribution in [3.63, 3.8) is 0 Å². The molecule has 2 aromatic rings. The summed E-state index contributed by atoms with van der Waals surface area (Å²) in [5.74, 6) is 0. The Hall–Kier alpha value is -1.11. The van der Waals surface area contributed by atoms with Crippen molar-refractivity contribution < 1.29 is 9.31 Å². The number of rotatable bonds is 2. The fraction of sp³-hybridized carbons (Fsp3) is 0.400. The molecule has 2 heterocycles. The second-order valence-electron chi connectivity index (χ2n) is 6.23. The van der Waals surface area contributed by atoms with E-state index in [1.54, 1.807) is 0 Å². The highest BCUT2D eigenvalue weighted by Gasteiger charge is 2.52. The van der Waals surface area contributed by atoms with E-state index in [0.29, 0.717) is 0 Å². The van der Waals surface area contributed by atoms with Crippen molar-refractivity contribution >= 4 is 28.6 Å². The molecule has 110 valence electrons. The summed E-state index contributed by atoms with van der Waals surface area (Å²) in [5.41, 5.74) is 1.09. The second kappa shape index (κ2) is 4.97. The van der Waals surface area contributed by atoms with Crippen LogP contribution in [-0.4, -0.2) is 27.9 Å². The van der Waals surface area contributed by atoms with Gasteiger partial charge in [-0.05, 0) is 55.8 Å². The lowest BCUT2D eigenvalue weighted by Crippen LogP contribution is -2.41. The molecule has 1 aliphatic rings. The first-order valence-electron chi connectivity index (χ1n) is 6.96. The van der Waals surface area contributed by atoms with Gasteiger partial charge in [0.2, 0.25) is 0 Å². The number of hydrogen-bond donors (Lipinski definition) is 0. The van der Waals surface area contributed by atoms with Gasteiger partial charge in [-0.2, -0.15) is 0 Å². The Bertz CT molecular complexity index is 639. The van der Waals surface area contributed by atoms with Crippen LogP contribution in [0.3, 0.4) is 0 Å². The molecule has 1 aliphatic heterocycles. The van der Waals surface area contributed by atoms with Crippen molar-refractivity contribution in [3.8, 4) is 5.69 Å². The molecule has 1 aromatic heterocycles. The molecule has 0 saturated carbocycles. The van der Waals surface area contributed by atoms with Crippen molar-refractivity contribution in [2.45, 2.75) is 38.9 Å². The number of nitrogens with zero attached hydrogens (tertiary/aromatic N) is 2. The number of para-hydroxylation sites is 1. The predicted molar refractivity (Wildman–Crippen MR) is 87.0 cm³/mol. The largest absolute Gasteiger partial charge is 0.516 e. The number of benzene rings is 1. The Kier molecular flexibility index (Phi) is 3.51. The molecule has 4 nitrogen and oxygen atoms in total. The molecule has 1 saturated heterocycles. The van der Waals surface area contributed by atoms with Crippen LogP contribution in [0.15, 0.2) is 41.3 Å². The van der Waals surface area contributed by atoms with Crippen molar-refractivity contribution in [1.29, 1.82) is 0 Å². The fourth-order valence-electron chi connectivity index (χ4n) is 2.22. The van der Waals surface area contributed by atoms with E-state index in [1.807, 2.05) is 68.8 Å². The molecule has 21 heavy (non-hydrogen) atoms.